The van der Waals surface area contributed by atoms with Crippen molar-refractivity contribution in [1.29, 1.82) is 0 Å². The molecule has 1 aromatic rings. The van der Waals surface area contributed by atoms with E-state index in [0.717, 1.165) is 0 Å². The molecular formula is C16H20ClFN2O4. The van der Waals surface area contributed by atoms with Crippen LogP contribution in [0.2, 0.25) is 5.02 Å². The first-order chi connectivity index (χ1) is 11.4. The van der Waals surface area contributed by atoms with Gasteiger partial charge in [0, 0.05) is 23.2 Å². The van der Waals surface area contributed by atoms with Gasteiger partial charge in [-0.15, -0.1) is 0 Å². The van der Waals surface area contributed by atoms with Crippen molar-refractivity contribution >= 4 is 23.6 Å². The standard InChI is InChI=1S/C16H20ClFN2O4/c17-11-2-1-3-12(18)14(11)13(21)8-19-16(24)20-10-6-4-9(5-7-10)15(22)23/h1-3,9-10,13,21H,4-8H2,(H,22,23)(H2,19,20,24). The van der Waals surface area contributed by atoms with Gasteiger partial charge in [0.2, 0.25) is 0 Å². The first-order valence-electron chi connectivity index (χ1n) is 7.77. The molecule has 0 aliphatic heterocycles. The van der Waals surface area contributed by atoms with Gasteiger partial charge in [0.15, 0.2) is 0 Å². The van der Waals surface area contributed by atoms with E-state index in [1.807, 2.05) is 0 Å². The van der Waals surface area contributed by atoms with Gasteiger partial charge in [0.25, 0.3) is 0 Å². The summed E-state index contributed by atoms with van der Waals surface area (Å²) in [6, 6.07) is 3.49. The van der Waals surface area contributed by atoms with Crippen LogP contribution in [0.3, 0.4) is 0 Å². The Labute approximate surface area is 144 Å². The molecule has 1 aliphatic rings. The van der Waals surface area contributed by atoms with E-state index in [1.165, 1.54) is 18.2 Å². The quantitative estimate of drug-likeness (QED) is 0.649. The average molecular weight is 359 g/mol. The third-order valence-corrected chi connectivity index (χ3v) is 4.53. The molecule has 1 saturated carbocycles. The molecule has 4 N–H and O–H groups in total. The highest BCUT2D eigenvalue weighted by molar-refractivity contribution is 6.31. The third-order valence-electron chi connectivity index (χ3n) is 4.20. The van der Waals surface area contributed by atoms with Crippen LogP contribution in [0.25, 0.3) is 0 Å². The van der Waals surface area contributed by atoms with Gasteiger partial charge in [-0.05, 0) is 37.8 Å². The number of hydrogen-bond acceptors (Lipinski definition) is 3. The Bertz CT molecular complexity index is 585. The van der Waals surface area contributed by atoms with Crippen molar-refractivity contribution in [3.63, 3.8) is 0 Å². The van der Waals surface area contributed by atoms with Crippen LogP contribution in [-0.2, 0) is 4.79 Å². The lowest BCUT2D eigenvalue weighted by molar-refractivity contribution is -0.142. The van der Waals surface area contributed by atoms with E-state index < -0.39 is 23.9 Å². The number of aliphatic hydroxyl groups excluding tert-OH is 1. The van der Waals surface area contributed by atoms with Gasteiger partial charge in [-0.3, -0.25) is 4.79 Å². The number of carboxylic acid groups (broad SMARTS) is 1. The summed E-state index contributed by atoms with van der Waals surface area (Å²) in [6.07, 6.45) is 0.965. The molecule has 2 amide bonds. The number of halogens is 2. The van der Waals surface area contributed by atoms with E-state index in [2.05, 4.69) is 10.6 Å². The maximum atomic E-state index is 13.7. The molecule has 0 aromatic heterocycles. The number of carbonyl (C=O) groups excluding carboxylic acids is 1. The Balaban J connectivity index is 1.78. The van der Waals surface area contributed by atoms with E-state index in [9.17, 15) is 19.1 Å². The molecule has 0 radical (unpaired) electrons. The number of carbonyl (C=O) groups is 2. The minimum atomic E-state index is -1.26. The second-order valence-corrected chi connectivity index (χ2v) is 6.30. The molecule has 2 rings (SSSR count). The SMILES string of the molecule is O=C(NCC(O)c1c(F)cccc1Cl)NC1CCC(C(=O)O)CC1. The van der Waals surface area contributed by atoms with Gasteiger partial charge < -0.3 is 20.8 Å². The van der Waals surface area contributed by atoms with Crippen molar-refractivity contribution in [3.05, 3.63) is 34.6 Å². The minimum Gasteiger partial charge on any atom is -0.481 e. The summed E-state index contributed by atoms with van der Waals surface area (Å²) in [5, 5.41) is 24.2. The second-order valence-electron chi connectivity index (χ2n) is 5.89. The van der Waals surface area contributed by atoms with Gasteiger partial charge in [0.1, 0.15) is 11.9 Å². The van der Waals surface area contributed by atoms with E-state index in [0.29, 0.717) is 25.7 Å². The van der Waals surface area contributed by atoms with Gasteiger partial charge in [0.05, 0.1) is 5.92 Å². The van der Waals surface area contributed by atoms with E-state index in [-0.39, 0.29) is 29.1 Å². The molecule has 6 nitrogen and oxygen atoms in total. The van der Waals surface area contributed by atoms with Gasteiger partial charge in [-0.1, -0.05) is 17.7 Å². The fourth-order valence-corrected chi connectivity index (χ4v) is 3.13. The molecule has 0 spiro atoms. The van der Waals surface area contributed by atoms with Crippen molar-refractivity contribution in [2.45, 2.75) is 37.8 Å². The molecule has 1 unspecified atom stereocenters. The Morgan fingerprint density at radius 2 is 1.96 bits per heavy atom. The second kappa shape index (κ2) is 8.30. The van der Waals surface area contributed by atoms with Crippen LogP contribution < -0.4 is 10.6 Å². The summed E-state index contributed by atoms with van der Waals surface area (Å²) in [5.74, 6) is -1.79. The van der Waals surface area contributed by atoms with Crippen LogP contribution >= 0.6 is 11.6 Å². The van der Waals surface area contributed by atoms with Crippen LogP contribution in [0.1, 0.15) is 37.4 Å². The summed E-state index contributed by atoms with van der Waals surface area (Å²) in [6.45, 7) is -0.184. The molecule has 8 heteroatoms. The van der Waals surface area contributed by atoms with Crippen molar-refractivity contribution in [2.24, 2.45) is 5.92 Å². The average Bonchev–Trinajstić information content (AvgIpc) is 2.53. The lowest BCUT2D eigenvalue weighted by atomic mass is 9.86. The van der Waals surface area contributed by atoms with Crippen molar-refractivity contribution < 1.29 is 24.2 Å². The van der Waals surface area contributed by atoms with E-state index >= 15 is 0 Å². The van der Waals surface area contributed by atoms with Crippen molar-refractivity contribution in [2.75, 3.05) is 6.54 Å². The molecule has 0 heterocycles. The zero-order valence-corrected chi connectivity index (χ0v) is 13.7. The number of aliphatic carboxylic acids is 1. The van der Waals surface area contributed by atoms with E-state index in [4.69, 9.17) is 16.7 Å². The molecule has 1 aliphatic carbocycles. The zero-order chi connectivity index (χ0) is 17.7. The number of aliphatic hydroxyl groups is 1. The molecule has 0 saturated heterocycles. The fourth-order valence-electron chi connectivity index (χ4n) is 2.84. The maximum absolute atomic E-state index is 13.7. The number of carboxylic acids is 1. The highest BCUT2D eigenvalue weighted by Gasteiger charge is 2.26. The Kier molecular flexibility index (Phi) is 6.39. The van der Waals surface area contributed by atoms with Crippen LogP contribution in [0.5, 0.6) is 0 Å². The summed E-state index contributed by atoms with van der Waals surface area (Å²) in [7, 11) is 0. The number of nitrogens with one attached hydrogen (secondary N) is 2. The summed E-state index contributed by atoms with van der Waals surface area (Å²) in [5.41, 5.74) is -0.0542. The Morgan fingerprint density at radius 1 is 1.29 bits per heavy atom. The Morgan fingerprint density at radius 3 is 2.54 bits per heavy atom. The first-order valence-corrected chi connectivity index (χ1v) is 8.15. The van der Waals surface area contributed by atoms with Crippen molar-refractivity contribution in [3.8, 4) is 0 Å². The molecule has 0 bridgehead atoms. The predicted octanol–water partition coefficient (Wildman–Crippen LogP) is 2.46. The molecular weight excluding hydrogens is 339 g/mol. The lowest BCUT2D eigenvalue weighted by Crippen LogP contribution is -2.45. The number of amides is 2. The van der Waals surface area contributed by atoms with Gasteiger partial charge in [-0.25, -0.2) is 9.18 Å². The highest BCUT2D eigenvalue weighted by Crippen LogP contribution is 2.26. The minimum absolute atomic E-state index is 0.0542. The number of benzene rings is 1. The lowest BCUT2D eigenvalue weighted by Gasteiger charge is -2.27. The summed E-state index contributed by atoms with van der Waals surface area (Å²) < 4.78 is 13.7. The molecule has 132 valence electrons. The van der Waals surface area contributed by atoms with Gasteiger partial charge >= 0.3 is 12.0 Å². The van der Waals surface area contributed by atoms with Crippen LogP contribution in [0, 0.1) is 11.7 Å². The normalized spacial score (nSPS) is 21.8. The van der Waals surface area contributed by atoms with Crippen LogP contribution in [-0.4, -0.2) is 34.8 Å². The van der Waals surface area contributed by atoms with Crippen molar-refractivity contribution in [1.82, 2.24) is 10.6 Å². The monoisotopic (exact) mass is 358 g/mol. The molecule has 1 aromatic carbocycles. The molecule has 24 heavy (non-hydrogen) atoms. The smallest absolute Gasteiger partial charge is 0.315 e. The zero-order valence-electron chi connectivity index (χ0n) is 13.0. The summed E-state index contributed by atoms with van der Waals surface area (Å²) >= 11 is 5.86. The predicted molar refractivity (Wildman–Crippen MR) is 86.3 cm³/mol. The number of urea groups is 1. The number of hydrogen-bond donors (Lipinski definition) is 4. The third kappa shape index (κ3) is 4.82. The molecule has 1 fully saturated rings. The topological polar surface area (TPSA) is 98.7 Å². The van der Waals surface area contributed by atoms with Gasteiger partial charge in [-0.2, -0.15) is 0 Å². The van der Waals surface area contributed by atoms with Crippen LogP contribution in [0.4, 0.5) is 9.18 Å². The van der Waals surface area contributed by atoms with E-state index in [1.54, 1.807) is 0 Å². The van der Waals surface area contributed by atoms with Crippen LogP contribution in [0.15, 0.2) is 18.2 Å². The highest BCUT2D eigenvalue weighted by atomic mass is 35.5. The number of rotatable bonds is 5. The first kappa shape index (κ1) is 18.5. The fraction of sp³-hybridized carbons (Fsp3) is 0.500. The molecule has 1 atom stereocenters. The maximum Gasteiger partial charge on any atom is 0.315 e. The summed E-state index contributed by atoms with van der Waals surface area (Å²) in [4.78, 5) is 22.7. The Hall–Kier alpha value is -1.86. The largest absolute Gasteiger partial charge is 0.481 e.